The second-order valence-corrected chi connectivity index (χ2v) is 8.12. The molecular formula is C18H26BrNO10. The van der Waals surface area contributed by atoms with Crippen molar-refractivity contribution < 1.29 is 50.0 Å². The number of benzene rings is 1. The lowest BCUT2D eigenvalue weighted by Gasteiger charge is -2.46. The molecule has 0 saturated carbocycles. The van der Waals surface area contributed by atoms with Crippen LogP contribution in [0.15, 0.2) is 28.7 Å². The number of aliphatic hydroxyl groups is 7. The van der Waals surface area contributed by atoms with Crippen LogP contribution in [0.5, 0.6) is 0 Å². The van der Waals surface area contributed by atoms with Crippen LogP contribution in [0.25, 0.3) is 0 Å². The lowest BCUT2D eigenvalue weighted by Crippen LogP contribution is -2.65. The number of hydrogen-bond donors (Lipinski definition) is 8. The Hall–Kier alpha value is -0.900. The Morgan fingerprint density at radius 2 is 1.43 bits per heavy atom. The van der Waals surface area contributed by atoms with Crippen LogP contribution in [0.3, 0.4) is 0 Å². The highest BCUT2D eigenvalue weighted by atomic mass is 79.9. The van der Waals surface area contributed by atoms with E-state index in [1.54, 1.807) is 24.3 Å². The summed E-state index contributed by atoms with van der Waals surface area (Å²) < 4.78 is 17.3. The summed E-state index contributed by atoms with van der Waals surface area (Å²) in [5.74, 6) is 0. The molecule has 2 aliphatic rings. The van der Waals surface area contributed by atoms with Crippen LogP contribution in [0.4, 0.5) is 5.69 Å². The molecule has 0 bridgehead atoms. The molecule has 10 atom stereocenters. The van der Waals surface area contributed by atoms with Gasteiger partial charge in [0.25, 0.3) is 0 Å². The second-order valence-electron chi connectivity index (χ2n) is 7.21. The van der Waals surface area contributed by atoms with Gasteiger partial charge >= 0.3 is 0 Å². The van der Waals surface area contributed by atoms with Crippen molar-refractivity contribution in [1.29, 1.82) is 0 Å². The Morgan fingerprint density at radius 3 is 2.03 bits per heavy atom. The van der Waals surface area contributed by atoms with Crippen molar-refractivity contribution in [3.05, 3.63) is 28.7 Å². The van der Waals surface area contributed by atoms with Crippen LogP contribution >= 0.6 is 15.9 Å². The molecule has 0 spiro atoms. The van der Waals surface area contributed by atoms with Gasteiger partial charge in [-0.3, -0.25) is 0 Å². The molecule has 8 N–H and O–H groups in total. The molecule has 0 amide bonds. The van der Waals surface area contributed by atoms with Crippen molar-refractivity contribution in [2.45, 2.75) is 61.3 Å². The van der Waals surface area contributed by atoms with Gasteiger partial charge in [-0.05, 0) is 24.3 Å². The predicted octanol–water partition coefficient (Wildman–Crippen LogP) is -2.51. The van der Waals surface area contributed by atoms with Gasteiger partial charge in [-0.2, -0.15) is 0 Å². The number of aliphatic hydroxyl groups excluding tert-OH is 7. The molecule has 0 aliphatic carbocycles. The van der Waals surface area contributed by atoms with Gasteiger partial charge in [-0.15, -0.1) is 0 Å². The van der Waals surface area contributed by atoms with Crippen LogP contribution in [-0.4, -0.2) is 110 Å². The van der Waals surface area contributed by atoms with Crippen molar-refractivity contribution in [3.8, 4) is 0 Å². The minimum atomic E-state index is -1.70. The van der Waals surface area contributed by atoms with Crippen LogP contribution in [0.1, 0.15) is 0 Å². The topological polar surface area (TPSA) is 181 Å². The van der Waals surface area contributed by atoms with Crippen molar-refractivity contribution >= 4 is 21.6 Å². The fourth-order valence-electron chi connectivity index (χ4n) is 3.42. The molecule has 0 aromatic heterocycles. The van der Waals surface area contributed by atoms with Gasteiger partial charge in [0.15, 0.2) is 12.5 Å². The Kier molecular flexibility index (Phi) is 8.03. The van der Waals surface area contributed by atoms with E-state index >= 15 is 0 Å². The third kappa shape index (κ3) is 4.95. The summed E-state index contributed by atoms with van der Waals surface area (Å²) in [4.78, 5) is 0. The van der Waals surface area contributed by atoms with Crippen molar-refractivity contribution in [3.63, 3.8) is 0 Å². The van der Waals surface area contributed by atoms with E-state index in [0.717, 1.165) is 4.47 Å². The molecule has 2 fully saturated rings. The number of halogens is 1. The number of nitrogens with one attached hydrogen (secondary N) is 1. The Morgan fingerprint density at radius 1 is 0.800 bits per heavy atom. The monoisotopic (exact) mass is 495 g/mol. The molecule has 170 valence electrons. The second kappa shape index (κ2) is 10.1. The normalized spacial score (nSPS) is 42.1. The lowest BCUT2D eigenvalue weighted by molar-refractivity contribution is -0.340. The first kappa shape index (κ1) is 23.8. The van der Waals surface area contributed by atoms with Gasteiger partial charge in [-0.1, -0.05) is 15.9 Å². The van der Waals surface area contributed by atoms with E-state index in [0.29, 0.717) is 5.69 Å². The zero-order valence-electron chi connectivity index (χ0n) is 15.7. The lowest BCUT2D eigenvalue weighted by atomic mass is 9.96. The van der Waals surface area contributed by atoms with Crippen LogP contribution < -0.4 is 5.32 Å². The highest BCUT2D eigenvalue weighted by molar-refractivity contribution is 9.10. The maximum Gasteiger partial charge on any atom is 0.187 e. The fourth-order valence-corrected chi connectivity index (χ4v) is 3.68. The van der Waals surface area contributed by atoms with Gasteiger partial charge in [0, 0.05) is 10.2 Å². The molecule has 2 heterocycles. The minimum absolute atomic E-state index is 0.593. The zero-order valence-corrected chi connectivity index (χ0v) is 17.3. The summed E-state index contributed by atoms with van der Waals surface area (Å²) in [7, 11) is 0. The van der Waals surface area contributed by atoms with Crippen molar-refractivity contribution in [2.75, 3.05) is 18.5 Å². The first-order valence-corrected chi connectivity index (χ1v) is 10.2. The minimum Gasteiger partial charge on any atom is -0.394 e. The molecule has 30 heavy (non-hydrogen) atoms. The summed E-state index contributed by atoms with van der Waals surface area (Å²) >= 11 is 3.31. The fraction of sp³-hybridized carbons (Fsp3) is 0.667. The number of hydrogen-bond acceptors (Lipinski definition) is 11. The molecular weight excluding hydrogens is 470 g/mol. The Labute approximate surface area is 180 Å². The smallest absolute Gasteiger partial charge is 0.187 e. The molecule has 0 radical (unpaired) electrons. The first-order valence-electron chi connectivity index (χ1n) is 9.37. The van der Waals surface area contributed by atoms with Gasteiger partial charge in [0.2, 0.25) is 0 Å². The summed E-state index contributed by atoms with van der Waals surface area (Å²) in [5.41, 5.74) is 0.597. The highest BCUT2D eigenvalue weighted by Gasteiger charge is 2.50. The van der Waals surface area contributed by atoms with Crippen LogP contribution in [-0.2, 0) is 14.2 Å². The van der Waals surface area contributed by atoms with E-state index in [1.165, 1.54) is 0 Å². The molecule has 2 saturated heterocycles. The third-order valence-electron chi connectivity index (χ3n) is 5.16. The number of anilines is 1. The maximum absolute atomic E-state index is 10.6. The molecule has 3 rings (SSSR count). The Balaban J connectivity index is 1.71. The molecule has 2 aliphatic heterocycles. The van der Waals surface area contributed by atoms with Crippen LogP contribution in [0, 0.1) is 0 Å². The molecule has 1 aromatic rings. The maximum atomic E-state index is 10.6. The summed E-state index contributed by atoms with van der Waals surface area (Å²) in [6.07, 6.45) is -14.3. The summed E-state index contributed by atoms with van der Waals surface area (Å²) in [6.45, 7) is -1.25. The first-order chi connectivity index (χ1) is 14.3. The largest absolute Gasteiger partial charge is 0.394 e. The molecule has 1 aromatic carbocycles. The Bertz CT molecular complexity index is 677. The number of rotatable bonds is 6. The van der Waals surface area contributed by atoms with Gasteiger partial charge in [0.05, 0.1) is 13.2 Å². The third-order valence-corrected chi connectivity index (χ3v) is 5.69. The van der Waals surface area contributed by atoms with Crippen molar-refractivity contribution in [1.82, 2.24) is 0 Å². The average Bonchev–Trinajstić information content (AvgIpc) is 2.74. The van der Waals surface area contributed by atoms with Crippen LogP contribution in [0.2, 0.25) is 0 Å². The number of ether oxygens (including phenoxy) is 3. The van der Waals surface area contributed by atoms with Crippen molar-refractivity contribution in [2.24, 2.45) is 0 Å². The van der Waals surface area contributed by atoms with E-state index < -0.39 is 74.6 Å². The SMILES string of the molecule is OCC1OC(OC2C(CO)OC(Nc3ccc(Br)cc3)C(O)C2O)C(O)C(O)C1O. The average molecular weight is 496 g/mol. The highest BCUT2D eigenvalue weighted by Crippen LogP contribution is 2.29. The summed E-state index contributed by atoms with van der Waals surface area (Å²) in [5, 5.41) is 72.8. The quantitative estimate of drug-likeness (QED) is 0.208. The van der Waals surface area contributed by atoms with E-state index in [2.05, 4.69) is 21.2 Å². The molecule has 11 nitrogen and oxygen atoms in total. The standard InChI is InChI=1S/C18H26BrNO10/c19-7-1-3-8(4-2-7)20-17-14(26)13(25)16(10(6-22)28-17)30-18-15(27)12(24)11(23)9(5-21)29-18/h1-4,9-18,20-27H,5-6H2. The van der Waals surface area contributed by atoms with Gasteiger partial charge < -0.3 is 55.3 Å². The van der Waals surface area contributed by atoms with Gasteiger partial charge in [-0.25, -0.2) is 0 Å². The van der Waals surface area contributed by atoms with E-state index in [9.17, 15) is 35.7 Å². The van der Waals surface area contributed by atoms with E-state index in [-0.39, 0.29) is 0 Å². The molecule has 12 heteroatoms. The van der Waals surface area contributed by atoms with Gasteiger partial charge in [0.1, 0.15) is 48.8 Å². The van der Waals surface area contributed by atoms with E-state index in [1.807, 2.05) is 0 Å². The zero-order chi connectivity index (χ0) is 22.0. The summed E-state index contributed by atoms with van der Waals surface area (Å²) in [6, 6.07) is 6.97. The molecule has 10 unspecified atom stereocenters. The predicted molar refractivity (Wildman–Crippen MR) is 104 cm³/mol. The van der Waals surface area contributed by atoms with E-state index in [4.69, 9.17) is 14.2 Å².